The van der Waals surface area contributed by atoms with E-state index >= 15 is 0 Å². The Morgan fingerprint density at radius 1 is 1.14 bits per heavy atom. The summed E-state index contributed by atoms with van der Waals surface area (Å²) in [7, 11) is 0. The average Bonchev–Trinajstić information content (AvgIpc) is 2.86. The van der Waals surface area contributed by atoms with Gasteiger partial charge in [-0.1, -0.05) is 39.7 Å². The molecule has 1 atom stereocenters. The zero-order chi connectivity index (χ0) is 15.3. The molecule has 1 unspecified atom stereocenters. The van der Waals surface area contributed by atoms with Gasteiger partial charge in [0.2, 0.25) is 0 Å². The second kappa shape index (κ2) is 5.25. The lowest BCUT2D eigenvalue weighted by Gasteiger charge is -2.25. The molecule has 0 saturated heterocycles. The zero-order valence-corrected chi connectivity index (χ0v) is 14.4. The van der Waals surface area contributed by atoms with Crippen LogP contribution < -0.4 is 5.32 Å². The molecule has 1 aliphatic heterocycles. The topological polar surface area (TPSA) is 27.8 Å². The molecule has 22 heavy (non-hydrogen) atoms. The SMILES string of the molecule is Cc1cc(C)c2[nH]c3c(c2c1)CCNC3c1cccc(Br)c1. The van der Waals surface area contributed by atoms with E-state index in [0.717, 1.165) is 17.4 Å². The highest BCUT2D eigenvalue weighted by molar-refractivity contribution is 9.10. The van der Waals surface area contributed by atoms with Crippen LogP contribution in [0.5, 0.6) is 0 Å². The molecular weight excluding hydrogens is 336 g/mol. The Morgan fingerprint density at radius 2 is 2.00 bits per heavy atom. The van der Waals surface area contributed by atoms with Crippen molar-refractivity contribution in [1.29, 1.82) is 0 Å². The molecule has 0 saturated carbocycles. The molecule has 0 amide bonds. The van der Waals surface area contributed by atoms with Gasteiger partial charge in [0.05, 0.1) is 6.04 Å². The summed E-state index contributed by atoms with van der Waals surface area (Å²) < 4.78 is 1.13. The van der Waals surface area contributed by atoms with Crippen LogP contribution in [-0.4, -0.2) is 11.5 Å². The number of fused-ring (bicyclic) bond motifs is 3. The second-order valence-electron chi connectivity index (χ2n) is 6.21. The average molecular weight is 355 g/mol. The Kier molecular flexibility index (Phi) is 3.35. The molecule has 1 aliphatic rings. The standard InChI is InChI=1S/C19H19BrN2/c1-11-8-12(2)17-16(9-11)15-6-7-21-18(19(15)22-17)13-4-3-5-14(20)10-13/h3-5,8-10,18,21-22H,6-7H2,1-2H3. The Morgan fingerprint density at radius 3 is 2.82 bits per heavy atom. The number of hydrogen-bond donors (Lipinski definition) is 2. The van der Waals surface area contributed by atoms with Crippen LogP contribution in [-0.2, 0) is 6.42 Å². The number of aromatic nitrogens is 1. The number of H-pyrrole nitrogens is 1. The molecule has 1 aromatic heterocycles. The largest absolute Gasteiger partial charge is 0.356 e. The van der Waals surface area contributed by atoms with Crippen LogP contribution in [0, 0.1) is 13.8 Å². The first-order valence-corrected chi connectivity index (χ1v) is 8.53. The third-order valence-electron chi connectivity index (χ3n) is 4.58. The Bertz CT molecular complexity index is 863. The molecule has 2 heterocycles. The third-order valence-corrected chi connectivity index (χ3v) is 5.08. The molecule has 112 valence electrons. The molecule has 4 rings (SSSR count). The normalized spacial score (nSPS) is 17.7. The first-order valence-electron chi connectivity index (χ1n) is 7.74. The summed E-state index contributed by atoms with van der Waals surface area (Å²) in [6.45, 7) is 5.39. The Labute approximate surface area is 139 Å². The summed E-state index contributed by atoms with van der Waals surface area (Å²) in [4.78, 5) is 3.70. The fourth-order valence-electron chi connectivity index (χ4n) is 3.66. The lowest BCUT2D eigenvalue weighted by atomic mass is 9.94. The lowest BCUT2D eigenvalue weighted by Crippen LogP contribution is -2.30. The van der Waals surface area contributed by atoms with Crippen LogP contribution in [0.4, 0.5) is 0 Å². The molecular formula is C19H19BrN2. The maximum atomic E-state index is 3.70. The fourth-order valence-corrected chi connectivity index (χ4v) is 4.07. The van der Waals surface area contributed by atoms with E-state index in [4.69, 9.17) is 0 Å². The van der Waals surface area contributed by atoms with Crippen molar-refractivity contribution in [3.05, 3.63) is 68.8 Å². The summed E-state index contributed by atoms with van der Waals surface area (Å²) in [6, 6.07) is 13.4. The van der Waals surface area contributed by atoms with Crippen LogP contribution >= 0.6 is 15.9 Å². The molecule has 0 fully saturated rings. The molecule has 2 nitrogen and oxygen atoms in total. The summed E-state index contributed by atoms with van der Waals surface area (Å²) >= 11 is 3.59. The van der Waals surface area contributed by atoms with Crippen LogP contribution in [0.1, 0.15) is 34.0 Å². The van der Waals surface area contributed by atoms with Gasteiger partial charge in [0.15, 0.2) is 0 Å². The maximum Gasteiger partial charge on any atom is 0.0732 e. The number of nitrogens with one attached hydrogen (secondary N) is 2. The number of benzene rings is 2. The van der Waals surface area contributed by atoms with Gasteiger partial charge in [-0.25, -0.2) is 0 Å². The highest BCUT2D eigenvalue weighted by Crippen LogP contribution is 2.35. The van der Waals surface area contributed by atoms with Gasteiger partial charge in [0.25, 0.3) is 0 Å². The van der Waals surface area contributed by atoms with E-state index in [9.17, 15) is 0 Å². The van der Waals surface area contributed by atoms with E-state index < -0.39 is 0 Å². The quantitative estimate of drug-likeness (QED) is 0.646. The van der Waals surface area contributed by atoms with Crippen molar-refractivity contribution < 1.29 is 0 Å². The van der Waals surface area contributed by atoms with Gasteiger partial charge in [0.1, 0.15) is 0 Å². The fraction of sp³-hybridized carbons (Fsp3) is 0.263. The summed E-state index contributed by atoms with van der Waals surface area (Å²) in [6.07, 6.45) is 1.09. The van der Waals surface area contributed by atoms with Crippen molar-refractivity contribution in [1.82, 2.24) is 10.3 Å². The molecule has 0 spiro atoms. The molecule has 2 aromatic carbocycles. The van der Waals surface area contributed by atoms with Gasteiger partial charge in [-0.15, -0.1) is 0 Å². The second-order valence-corrected chi connectivity index (χ2v) is 7.13. The van der Waals surface area contributed by atoms with Crippen molar-refractivity contribution in [2.75, 3.05) is 6.54 Å². The predicted molar refractivity (Wildman–Crippen MR) is 95.5 cm³/mol. The molecule has 0 aliphatic carbocycles. The van der Waals surface area contributed by atoms with Crippen molar-refractivity contribution in [3.8, 4) is 0 Å². The van der Waals surface area contributed by atoms with Gasteiger partial charge >= 0.3 is 0 Å². The van der Waals surface area contributed by atoms with Crippen molar-refractivity contribution >= 4 is 26.8 Å². The number of aryl methyl sites for hydroxylation is 2. The zero-order valence-electron chi connectivity index (χ0n) is 12.8. The minimum Gasteiger partial charge on any atom is -0.356 e. The minimum atomic E-state index is 0.244. The first-order chi connectivity index (χ1) is 10.6. The van der Waals surface area contributed by atoms with Crippen LogP contribution in [0.25, 0.3) is 10.9 Å². The van der Waals surface area contributed by atoms with Crippen LogP contribution in [0.2, 0.25) is 0 Å². The van der Waals surface area contributed by atoms with Crippen LogP contribution in [0.15, 0.2) is 40.9 Å². The van der Waals surface area contributed by atoms with E-state index in [-0.39, 0.29) is 6.04 Å². The molecule has 2 N–H and O–H groups in total. The van der Waals surface area contributed by atoms with Crippen molar-refractivity contribution in [2.45, 2.75) is 26.3 Å². The minimum absolute atomic E-state index is 0.244. The predicted octanol–water partition coefficient (Wildman–Crippen LogP) is 4.78. The molecule has 0 bridgehead atoms. The summed E-state index contributed by atoms with van der Waals surface area (Å²) in [5.41, 5.74) is 8.07. The highest BCUT2D eigenvalue weighted by atomic mass is 79.9. The van der Waals surface area contributed by atoms with Crippen molar-refractivity contribution in [2.24, 2.45) is 0 Å². The third kappa shape index (κ3) is 2.20. The lowest BCUT2D eigenvalue weighted by molar-refractivity contribution is 0.560. The Balaban J connectivity index is 1.93. The number of rotatable bonds is 1. The van der Waals surface area contributed by atoms with E-state index in [0.29, 0.717) is 0 Å². The number of halogens is 1. The number of aromatic amines is 1. The van der Waals surface area contributed by atoms with Gasteiger partial charge in [-0.3, -0.25) is 0 Å². The highest BCUT2D eigenvalue weighted by Gasteiger charge is 2.25. The smallest absolute Gasteiger partial charge is 0.0732 e. The van der Waals surface area contributed by atoms with E-state index in [2.05, 4.69) is 76.5 Å². The Hall–Kier alpha value is -1.58. The molecule has 3 aromatic rings. The van der Waals surface area contributed by atoms with E-state index in [1.807, 2.05) is 0 Å². The number of hydrogen-bond acceptors (Lipinski definition) is 1. The first kappa shape index (κ1) is 14.0. The van der Waals surface area contributed by atoms with Gasteiger partial charge in [-0.05, 0) is 55.2 Å². The monoisotopic (exact) mass is 354 g/mol. The summed E-state index contributed by atoms with van der Waals surface area (Å²) in [5, 5.41) is 5.06. The van der Waals surface area contributed by atoms with Gasteiger partial charge < -0.3 is 10.3 Å². The van der Waals surface area contributed by atoms with Crippen molar-refractivity contribution in [3.63, 3.8) is 0 Å². The van der Waals surface area contributed by atoms with Crippen LogP contribution in [0.3, 0.4) is 0 Å². The van der Waals surface area contributed by atoms with Gasteiger partial charge in [-0.2, -0.15) is 0 Å². The molecule has 3 heteroatoms. The summed E-state index contributed by atoms with van der Waals surface area (Å²) in [5.74, 6) is 0. The van der Waals surface area contributed by atoms with Gasteiger partial charge in [0, 0.05) is 27.6 Å². The molecule has 0 radical (unpaired) electrons. The van der Waals surface area contributed by atoms with E-state index in [1.54, 1.807) is 0 Å². The van der Waals surface area contributed by atoms with E-state index in [1.165, 1.54) is 38.9 Å². The maximum absolute atomic E-state index is 3.70.